The Morgan fingerprint density at radius 3 is 2.83 bits per heavy atom. The van der Waals surface area contributed by atoms with Gasteiger partial charge in [0, 0.05) is 16.7 Å². The van der Waals surface area contributed by atoms with Gasteiger partial charge in [-0.3, -0.25) is 0 Å². The van der Waals surface area contributed by atoms with Gasteiger partial charge in [-0.25, -0.2) is 9.37 Å². The van der Waals surface area contributed by atoms with Gasteiger partial charge < -0.3 is 10.9 Å². The van der Waals surface area contributed by atoms with Crippen molar-refractivity contribution in [2.45, 2.75) is 9.92 Å². The predicted molar refractivity (Wildman–Crippen MR) is 67.3 cm³/mol. The molecule has 1 aromatic carbocycles. The van der Waals surface area contributed by atoms with E-state index >= 15 is 0 Å². The third-order valence-electron chi connectivity index (χ3n) is 2.18. The number of amidine groups is 1. The zero-order chi connectivity index (χ0) is 13.0. The summed E-state index contributed by atoms with van der Waals surface area (Å²) in [4.78, 5) is 4.82. The minimum absolute atomic E-state index is 0.132. The first-order valence-electron chi connectivity index (χ1n) is 5.07. The second-order valence-electron chi connectivity index (χ2n) is 3.40. The van der Waals surface area contributed by atoms with Gasteiger partial charge in [-0.05, 0) is 30.3 Å². The Balaban J connectivity index is 2.39. The summed E-state index contributed by atoms with van der Waals surface area (Å²) in [6, 6.07) is 9.59. The van der Waals surface area contributed by atoms with Crippen molar-refractivity contribution in [2.24, 2.45) is 10.9 Å². The summed E-state index contributed by atoms with van der Waals surface area (Å²) in [5.74, 6) is -0.574. The van der Waals surface area contributed by atoms with Crippen LogP contribution >= 0.6 is 11.8 Å². The average molecular weight is 263 g/mol. The van der Waals surface area contributed by atoms with Crippen LogP contribution < -0.4 is 5.73 Å². The van der Waals surface area contributed by atoms with Crippen LogP contribution in [0.5, 0.6) is 0 Å². The molecule has 0 aliphatic rings. The molecule has 0 fully saturated rings. The number of nitrogens with two attached hydrogens (primary N) is 1. The highest BCUT2D eigenvalue weighted by Gasteiger charge is 2.10. The molecule has 0 unspecified atom stereocenters. The highest BCUT2D eigenvalue weighted by molar-refractivity contribution is 7.99. The Morgan fingerprint density at radius 1 is 1.33 bits per heavy atom. The first kappa shape index (κ1) is 12.4. The number of rotatable bonds is 3. The topological polar surface area (TPSA) is 71.5 Å². The quantitative estimate of drug-likeness (QED) is 0.386. The summed E-state index contributed by atoms with van der Waals surface area (Å²) in [5, 5.41) is 12.3. The van der Waals surface area contributed by atoms with Crippen LogP contribution in [0.15, 0.2) is 57.7 Å². The lowest BCUT2D eigenvalue weighted by atomic mass is 10.2. The fraction of sp³-hybridized carbons (Fsp3) is 0. The van der Waals surface area contributed by atoms with Crippen molar-refractivity contribution < 1.29 is 9.60 Å². The Kier molecular flexibility index (Phi) is 3.78. The number of oxime groups is 1. The van der Waals surface area contributed by atoms with Crippen LogP contribution in [0.25, 0.3) is 0 Å². The molecule has 0 bridgehead atoms. The van der Waals surface area contributed by atoms with Crippen molar-refractivity contribution in [2.75, 3.05) is 0 Å². The summed E-state index contributed by atoms with van der Waals surface area (Å²) in [5.41, 5.74) is 5.86. The average Bonchev–Trinajstić information content (AvgIpc) is 2.41. The molecule has 6 heteroatoms. The number of hydrogen-bond acceptors (Lipinski definition) is 4. The molecule has 0 saturated carbocycles. The van der Waals surface area contributed by atoms with Gasteiger partial charge in [0.2, 0.25) is 0 Å². The largest absolute Gasteiger partial charge is 0.409 e. The number of hydrogen-bond donors (Lipinski definition) is 2. The molecule has 1 aromatic heterocycles. The lowest BCUT2D eigenvalue weighted by molar-refractivity contribution is 0.318. The molecule has 0 saturated heterocycles. The maximum absolute atomic E-state index is 13.2. The standard InChI is InChI=1S/C12H10FN3OS/c13-8-4-5-10(9(7-8)12(14)16-17)18-11-3-1-2-6-15-11/h1-7,17H,(H2,14,16). The molecule has 0 atom stereocenters. The van der Waals surface area contributed by atoms with E-state index in [0.717, 1.165) is 5.03 Å². The van der Waals surface area contributed by atoms with E-state index in [1.165, 1.54) is 23.9 Å². The Labute approximate surface area is 107 Å². The molecule has 92 valence electrons. The van der Waals surface area contributed by atoms with Crippen molar-refractivity contribution in [3.63, 3.8) is 0 Å². The number of aromatic nitrogens is 1. The first-order valence-corrected chi connectivity index (χ1v) is 5.88. The molecule has 3 N–H and O–H groups in total. The van der Waals surface area contributed by atoms with Crippen molar-refractivity contribution >= 4 is 17.6 Å². The zero-order valence-corrected chi connectivity index (χ0v) is 10.1. The minimum Gasteiger partial charge on any atom is -0.409 e. The van der Waals surface area contributed by atoms with E-state index in [9.17, 15) is 4.39 Å². The van der Waals surface area contributed by atoms with Crippen LogP contribution in [0.3, 0.4) is 0 Å². The molecule has 4 nitrogen and oxygen atoms in total. The molecular formula is C12H10FN3OS. The third kappa shape index (κ3) is 2.78. The molecule has 2 rings (SSSR count). The van der Waals surface area contributed by atoms with Gasteiger partial charge in [0.1, 0.15) is 10.8 Å². The molecular weight excluding hydrogens is 253 g/mol. The van der Waals surface area contributed by atoms with Gasteiger partial charge in [-0.1, -0.05) is 23.0 Å². The Hall–Kier alpha value is -2.08. The fourth-order valence-corrected chi connectivity index (χ4v) is 2.26. The van der Waals surface area contributed by atoms with Crippen LogP contribution in [0.2, 0.25) is 0 Å². The van der Waals surface area contributed by atoms with Gasteiger partial charge >= 0.3 is 0 Å². The van der Waals surface area contributed by atoms with Crippen LogP contribution in [0.4, 0.5) is 4.39 Å². The van der Waals surface area contributed by atoms with Crippen LogP contribution in [0.1, 0.15) is 5.56 Å². The smallest absolute Gasteiger partial charge is 0.171 e. The summed E-state index contributed by atoms with van der Waals surface area (Å²) in [6.07, 6.45) is 1.66. The van der Waals surface area contributed by atoms with Gasteiger partial charge in [-0.2, -0.15) is 0 Å². The highest BCUT2D eigenvalue weighted by atomic mass is 32.2. The number of halogens is 1. The summed E-state index contributed by atoms with van der Waals surface area (Å²) < 4.78 is 13.2. The predicted octanol–water partition coefficient (Wildman–Crippen LogP) is 2.47. The lowest BCUT2D eigenvalue weighted by Gasteiger charge is -2.07. The monoisotopic (exact) mass is 263 g/mol. The van der Waals surface area contributed by atoms with E-state index in [4.69, 9.17) is 10.9 Å². The summed E-state index contributed by atoms with van der Waals surface area (Å²) in [6.45, 7) is 0. The van der Waals surface area contributed by atoms with Crippen LogP contribution in [-0.2, 0) is 0 Å². The molecule has 0 spiro atoms. The van der Waals surface area contributed by atoms with Gasteiger partial charge in [0.15, 0.2) is 5.84 Å². The van der Waals surface area contributed by atoms with Crippen LogP contribution in [-0.4, -0.2) is 16.0 Å². The van der Waals surface area contributed by atoms with E-state index in [1.807, 2.05) is 12.1 Å². The second-order valence-corrected chi connectivity index (χ2v) is 4.46. The van der Waals surface area contributed by atoms with E-state index in [-0.39, 0.29) is 5.84 Å². The minimum atomic E-state index is -0.443. The molecule has 0 amide bonds. The Morgan fingerprint density at radius 2 is 2.17 bits per heavy atom. The normalized spacial score (nSPS) is 11.5. The summed E-state index contributed by atoms with van der Waals surface area (Å²) >= 11 is 1.32. The molecule has 1 heterocycles. The van der Waals surface area contributed by atoms with E-state index in [1.54, 1.807) is 18.3 Å². The maximum Gasteiger partial charge on any atom is 0.171 e. The van der Waals surface area contributed by atoms with E-state index in [2.05, 4.69) is 10.1 Å². The zero-order valence-electron chi connectivity index (χ0n) is 9.25. The SMILES string of the molecule is NC(=NO)c1cc(F)ccc1Sc1ccccn1. The maximum atomic E-state index is 13.2. The van der Waals surface area contributed by atoms with Gasteiger partial charge in [0.25, 0.3) is 0 Å². The molecule has 0 aliphatic carbocycles. The highest BCUT2D eigenvalue weighted by Crippen LogP contribution is 2.29. The number of benzene rings is 1. The first-order chi connectivity index (χ1) is 8.70. The lowest BCUT2D eigenvalue weighted by Crippen LogP contribution is -2.14. The summed E-state index contributed by atoms with van der Waals surface area (Å²) in [7, 11) is 0. The van der Waals surface area contributed by atoms with E-state index < -0.39 is 5.82 Å². The number of nitrogens with zero attached hydrogens (tertiary/aromatic N) is 2. The molecule has 0 aliphatic heterocycles. The van der Waals surface area contributed by atoms with Crippen LogP contribution in [0, 0.1) is 5.82 Å². The van der Waals surface area contributed by atoms with Crippen molar-refractivity contribution in [1.29, 1.82) is 0 Å². The second kappa shape index (κ2) is 5.50. The third-order valence-corrected chi connectivity index (χ3v) is 3.20. The Bertz CT molecular complexity index is 575. The molecule has 18 heavy (non-hydrogen) atoms. The van der Waals surface area contributed by atoms with Crippen molar-refractivity contribution in [3.8, 4) is 0 Å². The van der Waals surface area contributed by atoms with Gasteiger partial charge in [0.05, 0.1) is 0 Å². The number of pyridine rings is 1. The molecule has 2 aromatic rings. The van der Waals surface area contributed by atoms with Crippen molar-refractivity contribution in [3.05, 3.63) is 54.0 Å². The fourth-order valence-electron chi connectivity index (χ4n) is 1.37. The van der Waals surface area contributed by atoms with E-state index in [0.29, 0.717) is 10.5 Å². The molecule has 0 radical (unpaired) electrons. The van der Waals surface area contributed by atoms with Crippen molar-refractivity contribution in [1.82, 2.24) is 4.98 Å². The van der Waals surface area contributed by atoms with Gasteiger partial charge in [-0.15, -0.1) is 0 Å².